The van der Waals surface area contributed by atoms with Crippen molar-refractivity contribution >= 4 is 27.0 Å². The lowest BCUT2D eigenvalue weighted by molar-refractivity contribution is 0.417. The Morgan fingerprint density at radius 3 is 2.69 bits per heavy atom. The van der Waals surface area contributed by atoms with E-state index in [0.29, 0.717) is 11.4 Å². The van der Waals surface area contributed by atoms with Gasteiger partial charge in [0.15, 0.2) is 0 Å². The molecule has 0 saturated carbocycles. The lowest BCUT2D eigenvalue weighted by Crippen LogP contribution is -2.12. The van der Waals surface area contributed by atoms with Crippen LogP contribution in [0.4, 0.5) is 5.69 Å². The van der Waals surface area contributed by atoms with E-state index >= 15 is 0 Å². The van der Waals surface area contributed by atoms with Crippen LogP contribution in [0.2, 0.25) is 0 Å². The molecule has 0 saturated heterocycles. The molecular formula is C18H21N3O3S2. The topological polar surface area (TPSA) is 73.2 Å². The second-order valence-corrected chi connectivity index (χ2v) is 9.04. The lowest BCUT2D eigenvalue weighted by Gasteiger charge is -2.11. The molecule has 0 aliphatic carbocycles. The fraction of sp³-hybridized carbons (Fsp3) is 0.278. The van der Waals surface area contributed by atoms with Crippen LogP contribution in [0.1, 0.15) is 25.5 Å². The van der Waals surface area contributed by atoms with Gasteiger partial charge in [0.2, 0.25) is 0 Å². The van der Waals surface area contributed by atoms with Crippen LogP contribution < -0.4 is 9.46 Å². The monoisotopic (exact) mass is 391 g/mol. The fourth-order valence-corrected chi connectivity index (χ4v) is 4.88. The van der Waals surface area contributed by atoms with Crippen molar-refractivity contribution in [1.82, 2.24) is 9.78 Å². The number of anilines is 1. The summed E-state index contributed by atoms with van der Waals surface area (Å²) in [6.07, 6.45) is 1.72. The molecule has 2 aromatic heterocycles. The van der Waals surface area contributed by atoms with E-state index in [4.69, 9.17) is 4.74 Å². The summed E-state index contributed by atoms with van der Waals surface area (Å²) < 4.78 is 35.6. The first-order chi connectivity index (χ1) is 12.3. The Morgan fingerprint density at radius 2 is 2.00 bits per heavy atom. The molecule has 138 valence electrons. The molecule has 0 aliphatic heterocycles. The van der Waals surface area contributed by atoms with Gasteiger partial charge in [0.05, 0.1) is 18.5 Å². The number of nitrogens with zero attached hydrogens (tertiary/aromatic N) is 2. The largest absolute Gasteiger partial charge is 0.495 e. The molecule has 0 atom stereocenters. The minimum absolute atomic E-state index is 0.189. The summed E-state index contributed by atoms with van der Waals surface area (Å²) in [7, 11) is -2.19. The number of hydrogen-bond acceptors (Lipinski definition) is 5. The summed E-state index contributed by atoms with van der Waals surface area (Å²) in [5, 5.41) is 6.13. The third-order valence-electron chi connectivity index (χ3n) is 3.89. The second-order valence-electron chi connectivity index (χ2n) is 6.22. The minimum Gasteiger partial charge on any atom is -0.495 e. The molecule has 2 heterocycles. The summed E-state index contributed by atoms with van der Waals surface area (Å²) in [5.41, 5.74) is 3.09. The third-order valence-corrected chi connectivity index (χ3v) is 6.70. The van der Waals surface area contributed by atoms with Gasteiger partial charge in [0, 0.05) is 23.2 Å². The number of rotatable bonds is 6. The van der Waals surface area contributed by atoms with Gasteiger partial charge in [-0.3, -0.25) is 9.40 Å². The van der Waals surface area contributed by atoms with Crippen LogP contribution in [0.3, 0.4) is 0 Å². The molecule has 0 bridgehead atoms. The highest BCUT2D eigenvalue weighted by atomic mass is 32.2. The maximum Gasteiger partial charge on any atom is 0.271 e. The fourth-order valence-electron chi connectivity index (χ4n) is 2.64. The number of ether oxygens (including phenoxy) is 1. The van der Waals surface area contributed by atoms with E-state index in [-0.39, 0.29) is 10.3 Å². The average Bonchev–Trinajstić information content (AvgIpc) is 3.24. The van der Waals surface area contributed by atoms with E-state index in [1.807, 2.05) is 43.0 Å². The van der Waals surface area contributed by atoms with Gasteiger partial charge in [-0.2, -0.15) is 5.10 Å². The van der Waals surface area contributed by atoms with Crippen LogP contribution in [-0.2, 0) is 10.0 Å². The number of aryl methyl sites for hydroxylation is 1. The van der Waals surface area contributed by atoms with Crippen LogP contribution in [-0.4, -0.2) is 25.3 Å². The van der Waals surface area contributed by atoms with E-state index in [1.54, 1.807) is 24.4 Å². The van der Waals surface area contributed by atoms with Crippen LogP contribution in [0.5, 0.6) is 5.75 Å². The predicted molar refractivity (Wildman–Crippen MR) is 104 cm³/mol. The van der Waals surface area contributed by atoms with E-state index in [9.17, 15) is 8.42 Å². The van der Waals surface area contributed by atoms with Gasteiger partial charge in [-0.15, -0.1) is 11.3 Å². The first kappa shape index (κ1) is 18.5. The first-order valence-corrected chi connectivity index (χ1v) is 10.5. The number of nitrogens with one attached hydrogen (secondary N) is 1. The van der Waals surface area contributed by atoms with E-state index in [1.165, 1.54) is 18.4 Å². The molecule has 0 spiro atoms. The number of methoxy groups -OCH3 is 1. The Morgan fingerprint density at radius 1 is 1.23 bits per heavy atom. The first-order valence-electron chi connectivity index (χ1n) is 8.11. The summed E-state index contributed by atoms with van der Waals surface area (Å²) in [6.45, 7) is 5.96. The maximum absolute atomic E-state index is 12.8. The molecule has 6 nitrogen and oxygen atoms in total. The molecule has 3 aromatic rings. The van der Waals surface area contributed by atoms with Crippen molar-refractivity contribution in [2.24, 2.45) is 0 Å². The smallest absolute Gasteiger partial charge is 0.271 e. The van der Waals surface area contributed by atoms with Gasteiger partial charge in [-0.05, 0) is 50.6 Å². The Kier molecular flexibility index (Phi) is 5.06. The summed E-state index contributed by atoms with van der Waals surface area (Å²) >= 11 is 1.18. The molecular weight excluding hydrogens is 370 g/mol. The van der Waals surface area contributed by atoms with Crippen LogP contribution in [0.15, 0.2) is 46.1 Å². The highest BCUT2D eigenvalue weighted by molar-refractivity contribution is 7.94. The molecule has 0 fully saturated rings. The summed E-state index contributed by atoms with van der Waals surface area (Å²) in [6, 6.07) is 9.11. The minimum atomic E-state index is -3.71. The molecule has 1 N–H and O–H groups in total. The van der Waals surface area contributed by atoms with Gasteiger partial charge >= 0.3 is 0 Å². The van der Waals surface area contributed by atoms with Crippen LogP contribution in [0, 0.1) is 6.92 Å². The molecule has 0 aliphatic rings. The third kappa shape index (κ3) is 3.61. The summed E-state index contributed by atoms with van der Waals surface area (Å²) in [4.78, 5) is 0. The standard InChI is InChI=1S/C18H21N3O3S2/c1-12(2)21-16(7-8-19-21)14-10-18(25-11-14)26(22,23)20-15-9-13(3)5-6-17(15)24-4/h5-12,20H,1-4H3. The molecule has 3 rings (SSSR count). The van der Waals surface area contributed by atoms with Gasteiger partial charge in [-0.25, -0.2) is 8.42 Å². The Hall–Kier alpha value is -2.32. The number of benzene rings is 1. The molecule has 0 radical (unpaired) electrons. The number of hydrogen-bond donors (Lipinski definition) is 1. The van der Waals surface area contributed by atoms with Gasteiger partial charge in [-0.1, -0.05) is 6.07 Å². The van der Waals surface area contributed by atoms with E-state index in [0.717, 1.165) is 16.8 Å². The SMILES string of the molecule is COc1ccc(C)cc1NS(=O)(=O)c1cc(-c2ccnn2C(C)C)cs1. The van der Waals surface area contributed by atoms with Crippen molar-refractivity contribution in [3.63, 3.8) is 0 Å². The molecule has 0 amide bonds. The second kappa shape index (κ2) is 7.13. The predicted octanol–water partition coefficient (Wildman–Crippen LogP) is 4.31. The van der Waals surface area contributed by atoms with Crippen LogP contribution in [0.25, 0.3) is 11.3 Å². The Bertz CT molecular complexity index is 1020. The zero-order valence-electron chi connectivity index (χ0n) is 15.1. The molecule has 8 heteroatoms. The van der Waals surface area contributed by atoms with Crippen molar-refractivity contribution in [3.8, 4) is 17.0 Å². The van der Waals surface area contributed by atoms with E-state index < -0.39 is 10.0 Å². The van der Waals surface area contributed by atoms with Crippen molar-refractivity contribution in [3.05, 3.63) is 47.5 Å². The van der Waals surface area contributed by atoms with Crippen LogP contribution >= 0.6 is 11.3 Å². The highest BCUT2D eigenvalue weighted by Crippen LogP contribution is 2.33. The van der Waals surface area contributed by atoms with Gasteiger partial charge in [0.25, 0.3) is 10.0 Å². The lowest BCUT2D eigenvalue weighted by atomic mass is 10.2. The quantitative estimate of drug-likeness (QED) is 0.679. The Balaban J connectivity index is 1.93. The van der Waals surface area contributed by atoms with E-state index in [2.05, 4.69) is 9.82 Å². The molecule has 0 unspecified atom stereocenters. The summed E-state index contributed by atoms with van der Waals surface area (Å²) in [5.74, 6) is 0.480. The normalized spacial score (nSPS) is 11.7. The zero-order chi connectivity index (χ0) is 18.9. The van der Waals surface area contributed by atoms with Gasteiger partial charge < -0.3 is 4.74 Å². The van der Waals surface area contributed by atoms with Crippen molar-refractivity contribution < 1.29 is 13.2 Å². The number of sulfonamides is 1. The van der Waals surface area contributed by atoms with Gasteiger partial charge in [0.1, 0.15) is 9.96 Å². The average molecular weight is 392 g/mol. The maximum atomic E-state index is 12.8. The highest BCUT2D eigenvalue weighted by Gasteiger charge is 2.20. The molecule has 1 aromatic carbocycles. The van der Waals surface area contributed by atoms with Crippen molar-refractivity contribution in [2.75, 3.05) is 11.8 Å². The number of aromatic nitrogens is 2. The zero-order valence-corrected chi connectivity index (χ0v) is 16.7. The number of thiophene rings is 1. The Labute approximate surface area is 157 Å². The molecule has 26 heavy (non-hydrogen) atoms. The van der Waals surface area contributed by atoms with Crippen molar-refractivity contribution in [2.45, 2.75) is 31.0 Å². The van der Waals surface area contributed by atoms with Crippen molar-refractivity contribution in [1.29, 1.82) is 0 Å².